The molecule has 0 saturated heterocycles. The van der Waals surface area contributed by atoms with Crippen LogP contribution in [0.1, 0.15) is 30.2 Å². The van der Waals surface area contributed by atoms with Gasteiger partial charge >= 0.3 is 0 Å². The third kappa shape index (κ3) is 4.62. The fourth-order valence-corrected chi connectivity index (χ4v) is 4.71. The highest BCUT2D eigenvalue weighted by molar-refractivity contribution is 7.19. The lowest BCUT2D eigenvalue weighted by molar-refractivity contribution is -0.116. The topological polar surface area (TPSA) is 64.0 Å². The Bertz CT molecular complexity index is 1310. The zero-order valence-electron chi connectivity index (χ0n) is 18.0. The van der Waals surface area contributed by atoms with Crippen LogP contribution < -0.4 is 10.9 Å². The Kier molecular flexibility index (Phi) is 6.46. The summed E-state index contributed by atoms with van der Waals surface area (Å²) in [5, 5.41) is 3.29. The van der Waals surface area contributed by atoms with Crippen LogP contribution in [0.15, 0.2) is 59.7 Å². The monoisotopic (exact) mass is 449 g/mol. The molecule has 0 aliphatic heterocycles. The van der Waals surface area contributed by atoms with Crippen molar-refractivity contribution in [3.63, 3.8) is 0 Å². The Morgan fingerprint density at radius 3 is 2.53 bits per heavy atom. The zero-order chi connectivity index (χ0) is 22.7. The minimum absolute atomic E-state index is 0.142. The largest absolute Gasteiger partial charge is 0.325 e. The van der Waals surface area contributed by atoms with E-state index in [2.05, 4.69) is 17.2 Å². The van der Waals surface area contributed by atoms with Crippen molar-refractivity contribution in [3.05, 3.63) is 81.5 Å². The first-order chi connectivity index (χ1) is 15.5. The fraction of sp³-hybridized carbons (Fsp3) is 0.240. The third-order valence-corrected chi connectivity index (χ3v) is 6.37. The Morgan fingerprint density at radius 1 is 1.12 bits per heavy atom. The molecule has 4 rings (SSSR count). The molecule has 5 nitrogen and oxygen atoms in total. The third-order valence-electron chi connectivity index (χ3n) is 5.36. The van der Waals surface area contributed by atoms with Crippen LogP contribution in [0, 0.1) is 12.7 Å². The number of nitrogens with one attached hydrogen (secondary N) is 1. The summed E-state index contributed by atoms with van der Waals surface area (Å²) in [4.78, 5) is 31.7. The van der Waals surface area contributed by atoms with E-state index in [4.69, 9.17) is 0 Å². The lowest BCUT2D eigenvalue weighted by atomic mass is 10.0. The number of amides is 1. The number of rotatable bonds is 7. The number of hydrogen-bond donors (Lipinski definition) is 1. The van der Waals surface area contributed by atoms with Crippen molar-refractivity contribution in [1.82, 2.24) is 9.55 Å². The summed E-state index contributed by atoms with van der Waals surface area (Å²) >= 11 is 1.41. The van der Waals surface area contributed by atoms with Crippen molar-refractivity contribution in [2.45, 2.75) is 39.7 Å². The van der Waals surface area contributed by atoms with Gasteiger partial charge in [-0.1, -0.05) is 37.6 Å². The molecule has 32 heavy (non-hydrogen) atoms. The van der Waals surface area contributed by atoms with Gasteiger partial charge in [0.1, 0.15) is 17.2 Å². The van der Waals surface area contributed by atoms with E-state index in [9.17, 15) is 14.0 Å². The summed E-state index contributed by atoms with van der Waals surface area (Å²) in [6.45, 7) is 3.92. The van der Waals surface area contributed by atoms with Gasteiger partial charge in [-0.25, -0.2) is 9.37 Å². The van der Waals surface area contributed by atoms with Crippen LogP contribution in [0.25, 0.3) is 21.3 Å². The molecule has 0 fully saturated rings. The molecule has 1 amide bonds. The molecule has 0 radical (unpaired) electrons. The molecule has 0 unspecified atom stereocenters. The first-order valence-corrected chi connectivity index (χ1v) is 11.4. The number of halogens is 1. The van der Waals surface area contributed by atoms with Crippen molar-refractivity contribution in [3.8, 4) is 11.1 Å². The van der Waals surface area contributed by atoms with Gasteiger partial charge in [0.15, 0.2) is 0 Å². The minimum atomic E-state index is -0.337. The van der Waals surface area contributed by atoms with Crippen molar-refractivity contribution >= 4 is 33.1 Å². The molecule has 0 aliphatic rings. The summed E-state index contributed by atoms with van der Waals surface area (Å²) in [5.41, 5.74) is 3.12. The maximum atomic E-state index is 13.4. The summed E-state index contributed by atoms with van der Waals surface area (Å²) in [7, 11) is 0. The second-order valence-electron chi connectivity index (χ2n) is 7.75. The molecule has 2 aromatic carbocycles. The average Bonchev–Trinajstić information content (AvgIpc) is 3.12. The van der Waals surface area contributed by atoms with Gasteiger partial charge in [0, 0.05) is 16.1 Å². The van der Waals surface area contributed by atoms with Crippen LogP contribution in [0.2, 0.25) is 0 Å². The van der Waals surface area contributed by atoms with Gasteiger partial charge in [0.05, 0.1) is 11.7 Å². The van der Waals surface area contributed by atoms with E-state index in [1.807, 2.05) is 31.2 Å². The molecule has 0 saturated carbocycles. The van der Waals surface area contributed by atoms with Gasteiger partial charge < -0.3 is 5.32 Å². The Morgan fingerprint density at radius 2 is 1.84 bits per heavy atom. The van der Waals surface area contributed by atoms with Gasteiger partial charge in [-0.3, -0.25) is 14.2 Å². The molecule has 0 spiro atoms. The van der Waals surface area contributed by atoms with Crippen LogP contribution in [-0.2, 0) is 17.8 Å². The number of carbonyl (C=O) groups excluding carboxylic acids is 1. The van der Waals surface area contributed by atoms with E-state index in [0.29, 0.717) is 15.9 Å². The number of hydrogen-bond acceptors (Lipinski definition) is 4. The number of anilines is 1. The van der Waals surface area contributed by atoms with E-state index in [1.165, 1.54) is 39.9 Å². The molecule has 7 heteroatoms. The van der Waals surface area contributed by atoms with E-state index >= 15 is 0 Å². The fourth-order valence-electron chi connectivity index (χ4n) is 3.71. The Labute approximate surface area is 189 Å². The second-order valence-corrected chi connectivity index (χ2v) is 8.95. The van der Waals surface area contributed by atoms with Crippen molar-refractivity contribution in [2.75, 3.05) is 5.32 Å². The molecule has 0 bridgehead atoms. The summed E-state index contributed by atoms with van der Waals surface area (Å²) in [6.07, 6.45) is 4.69. The molecular formula is C25H24FN3O2S. The number of aromatic nitrogens is 2. The first kappa shape index (κ1) is 21.9. The maximum Gasteiger partial charge on any atom is 0.263 e. The van der Waals surface area contributed by atoms with E-state index in [-0.39, 0.29) is 23.8 Å². The highest BCUT2D eigenvalue weighted by Crippen LogP contribution is 2.35. The Balaban J connectivity index is 1.57. The smallest absolute Gasteiger partial charge is 0.263 e. The number of thiophene rings is 1. The first-order valence-electron chi connectivity index (χ1n) is 10.6. The van der Waals surface area contributed by atoms with Crippen LogP contribution in [0.5, 0.6) is 0 Å². The van der Waals surface area contributed by atoms with Crippen molar-refractivity contribution < 1.29 is 9.18 Å². The minimum Gasteiger partial charge on any atom is -0.325 e. The second kappa shape index (κ2) is 9.44. The molecule has 0 aliphatic carbocycles. The van der Waals surface area contributed by atoms with Crippen LogP contribution in [0.4, 0.5) is 10.1 Å². The number of carbonyl (C=O) groups is 1. The van der Waals surface area contributed by atoms with Crippen molar-refractivity contribution in [1.29, 1.82) is 0 Å². The highest BCUT2D eigenvalue weighted by Gasteiger charge is 2.18. The van der Waals surface area contributed by atoms with Gasteiger partial charge in [0.25, 0.3) is 5.56 Å². The average molecular weight is 450 g/mol. The van der Waals surface area contributed by atoms with Crippen LogP contribution >= 0.6 is 11.3 Å². The number of unbranched alkanes of at least 4 members (excludes halogenated alkanes) is 1. The number of fused-ring (bicyclic) bond motifs is 1. The molecule has 0 atom stereocenters. The van der Waals surface area contributed by atoms with Gasteiger partial charge in [-0.2, -0.15) is 0 Å². The molecule has 2 aromatic heterocycles. The van der Waals surface area contributed by atoms with E-state index < -0.39 is 0 Å². The number of benzene rings is 2. The van der Waals surface area contributed by atoms with Gasteiger partial charge in [-0.05, 0) is 55.2 Å². The predicted octanol–water partition coefficient (Wildman–Crippen LogP) is 5.55. The summed E-state index contributed by atoms with van der Waals surface area (Å²) in [6, 6.07) is 13.8. The van der Waals surface area contributed by atoms with Gasteiger partial charge in [-0.15, -0.1) is 11.3 Å². The number of aryl methyl sites for hydroxylation is 2. The SMILES string of the molecule is CCCCc1ccc(NC(=O)Cn2cnc3sc(C)c(-c4ccc(F)cc4)c3c2=O)cc1. The standard InChI is InChI=1S/C25H24FN3O2S/c1-3-4-5-17-6-12-20(13-7-17)28-21(30)14-29-15-27-24-23(25(29)31)22(16(2)32-24)18-8-10-19(26)11-9-18/h6-13,15H,3-5,14H2,1-2H3,(H,28,30). The molecule has 4 aromatic rings. The van der Waals surface area contributed by atoms with E-state index in [1.54, 1.807) is 12.1 Å². The Hall–Kier alpha value is -3.32. The van der Waals surface area contributed by atoms with Crippen molar-refractivity contribution in [2.24, 2.45) is 0 Å². The van der Waals surface area contributed by atoms with Crippen LogP contribution in [0.3, 0.4) is 0 Å². The lowest BCUT2D eigenvalue weighted by Crippen LogP contribution is -2.27. The van der Waals surface area contributed by atoms with Crippen LogP contribution in [-0.4, -0.2) is 15.5 Å². The lowest BCUT2D eigenvalue weighted by Gasteiger charge is -2.09. The molecule has 2 heterocycles. The summed E-state index contributed by atoms with van der Waals surface area (Å²) < 4.78 is 14.7. The van der Waals surface area contributed by atoms with Gasteiger partial charge in [0.2, 0.25) is 5.91 Å². The normalized spacial score (nSPS) is 11.1. The van der Waals surface area contributed by atoms with E-state index in [0.717, 1.165) is 35.3 Å². The molecular weight excluding hydrogens is 425 g/mol. The maximum absolute atomic E-state index is 13.4. The highest BCUT2D eigenvalue weighted by atomic mass is 32.1. The molecule has 1 N–H and O–H groups in total. The quantitative estimate of drug-likeness (QED) is 0.402. The number of nitrogens with zero attached hydrogens (tertiary/aromatic N) is 2. The predicted molar refractivity (Wildman–Crippen MR) is 128 cm³/mol. The zero-order valence-corrected chi connectivity index (χ0v) is 18.8. The summed E-state index contributed by atoms with van der Waals surface area (Å²) in [5.74, 6) is -0.638. The molecule has 164 valence electrons.